The normalized spacial score (nSPS) is 10.7. The molecule has 2 aromatic heterocycles. The summed E-state index contributed by atoms with van der Waals surface area (Å²) >= 11 is 8.46. The molecule has 18 heavy (non-hydrogen) atoms. The Hall–Kier alpha value is -1.12. The van der Waals surface area contributed by atoms with Crippen LogP contribution in [0.1, 0.15) is 4.88 Å². The van der Waals surface area contributed by atoms with E-state index < -0.39 is 5.97 Å². The summed E-state index contributed by atoms with van der Waals surface area (Å²) in [7, 11) is 0. The van der Waals surface area contributed by atoms with E-state index >= 15 is 0 Å². The second-order valence-electron chi connectivity index (χ2n) is 3.32. The number of thiophene rings is 1. The molecule has 0 saturated carbocycles. The maximum absolute atomic E-state index is 10.5. The largest absolute Gasteiger partial charge is 0.481 e. The van der Waals surface area contributed by atoms with Gasteiger partial charge in [-0.1, -0.05) is 23.4 Å². The molecule has 0 bridgehead atoms. The van der Waals surface area contributed by atoms with Gasteiger partial charge in [0.05, 0.1) is 16.6 Å². The Morgan fingerprint density at radius 3 is 3.06 bits per heavy atom. The van der Waals surface area contributed by atoms with Crippen LogP contribution >= 0.6 is 34.7 Å². The van der Waals surface area contributed by atoms with Crippen molar-refractivity contribution in [3.8, 4) is 0 Å². The van der Waals surface area contributed by atoms with Gasteiger partial charge in [0.1, 0.15) is 0 Å². The van der Waals surface area contributed by atoms with E-state index in [0.29, 0.717) is 11.7 Å². The van der Waals surface area contributed by atoms with Crippen molar-refractivity contribution in [2.24, 2.45) is 0 Å². The lowest BCUT2D eigenvalue weighted by Crippen LogP contribution is -2.06. The fourth-order valence-corrected chi connectivity index (χ4v) is 2.97. The molecule has 0 unspecified atom stereocenters. The number of hydrogen-bond acceptors (Lipinski definition) is 6. The fourth-order valence-electron chi connectivity index (χ4n) is 1.27. The molecule has 2 aromatic rings. The molecule has 1 N–H and O–H groups in total. The predicted octanol–water partition coefficient (Wildman–Crippen LogP) is 1.81. The molecule has 0 atom stereocenters. The van der Waals surface area contributed by atoms with Crippen molar-refractivity contribution in [3.05, 3.63) is 21.3 Å². The van der Waals surface area contributed by atoms with Gasteiger partial charge in [-0.25, -0.2) is 4.68 Å². The van der Waals surface area contributed by atoms with E-state index in [9.17, 15) is 4.79 Å². The van der Waals surface area contributed by atoms with Crippen molar-refractivity contribution in [2.45, 2.75) is 18.1 Å². The van der Waals surface area contributed by atoms with Gasteiger partial charge in [-0.05, 0) is 22.6 Å². The van der Waals surface area contributed by atoms with Crippen LogP contribution in [0.4, 0.5) is 0 Å². The summed E-state index contributed by atoms with van der Waals surface area (Å²) in [5, 5.41) is 20.3. The zero-order valence-corrected chi connectivity index (χ0v) is 11.5. The Morgan fingerprint density at radius 2 is 2.39 bits per heavy atom. The van der Waals surface area contributed by atoms with Crippen LogP contribution in [-0.2, 0) is 17.8 Å². The third kappa shape index (κ3) is 3.69. The molecule has 6 nitrogen and oxygen atoms in total. The number of rotatable bonds is 6. The molecule has 0 aliphatic carbocycles. The lowest BCUT2D eigenvalue weighted by atomic mass is 10.3. The molecule has 2 heterocycles. The summed E-state index contributed by atoms with van der Waals surface area (Å²) in [4.78, 5) is 11.6. The fraction of sp³-hybridized carbons (Fsp3) is 0.333. The van der Waals surface area contributed by atoms with E-state index in [0.717, 1.165) is 27.4 Å². The number of thioether (sulfide) groups is 1. The molecular formula is C9H9ClN4O2S2. The van der Waals surface area contributed by atoms with Crippen LogP contribution in [-0.4, -0.2) is 37.0 Å². The number of aryl methyl sites for hydroxylation is 2. The minimum atomic E-state index is -0.889. The average molecular weight is 305 g/mol. The lowest BCUT2D eigenvalue weighted by Gasteiger charge is -2.01. The Balaban J connectivity index is 1.93. The number of carbonyl (C=O) groups is 1. The van der Waals surface area contributed by atoms with Gasteiger partial charge in [0.25, 0.3) is 0 Å². The summed E-state index contributed by atoms with van der Waals surface area (Å²) in [6, 6.07) is 3.81. The maximum Gasteiger partial charge on any atom is 0.313 e. The summed E-state index contributed by atoms with van der Waals surface area (Å²) in [5.41, 5.74) is 0. The van der Waals surface area contributed by atoms with Gasteiger partial charge in [-0.2, -0.15) is 0 Å². The van der Waals surface area contributed by atoms with E-state index in [1.807, 2.05) is 12.1 Å². The van der Waals surface area contributed by atoms with Crippen LogP contribution in [0.15, 0.2) is 17.3 Å². The number of aliphatic carboxylic acids is 1. The zero-order chi connectivity index (χ0) is 13.0. The molecular weight excluding hydrogens is 296 g/mol. The quantitative estimate of drug-likeness (QED) is 0.820. The van der Waals surface area contributed by atoms with Gasteiger partial charge in [-0.15, -0.1) is 16.4 Å². The molecule has 2 rings (SSSR count). The van der Waals surface area contributed by atoms with Crippen LogP contribution in [0.25, 0.3) is 0 Å². The number of carboxylic acid groups (broad SMARTS) is 1. The first-order chi connectivity index (χ1) is 8.65. The number of hydrogen-bond donors (Lipinski definition) is 1. The van der Waals surface area contributed by atoms with E-state index in [-0.39, 0.29) is 5.75 Å². The number of nitrogens with zero attached hydrogens (tertiary/aromatic N) is 4. The standard InChI is InChI=1S/C9H9ClN4O2S2/c10-7-2-1-6(18-7)3-4-14-9(11-12-13-14)17-5-8(15)16/h1-2H,3-5H2,(H,15,16). The minimum absolute atomic E-state index is 0.0504. The number of tetrazole rings is 1. The molecule has 96 valence electrons. The van der Waals surface area contributed by atoms with Gasteiger partial charge in [0.2, 0.25) is 5.16 Å². The highest BCUT2D eigenvalue weighted by molar-refractivity contribution is 7.99. The molecule has 0 aliphatic heterocycles. The van der Waals surface area contributed by atoms with Gasteiger partial charge in [0.15, 0.2) is 0 Å². The van der Waals surface area contributed by atoms with Gasteiger partial charge in [-0.3, -0.25) is 4.79 Å². The molecule has 0 spiro atoms. The Labute approximate surface area is 116 Å². The topological polar surface area (TPSA) is 80.9 Å². The molecule has 0 saturated heterocycles. The Kier molecular flexibility index (Phi) is 4.56. The highest BCUT2D eigenvalue weighted by atomic mass is 35.5. The average Bonchev–Trinajstić information content (AvgIpc) is 2.92. The van der Waals surface area contributed by atoms with Crippen molar-refractivity contribution in [3.63, 3.8) is 0 Å². The molecule has 0 aromatic carbocycles. The van der Waals surface area contributed by atoms with Crippen LogP contribution < -0.4 is 0 Å². The number of halogens is 1. The van der Waals surface area contributed by atoms with Gasteiger partial charge < -0.3 is 5.11 Å². The summed E-state index contributed by atoms with van der Waals surface area (Å²) in [5.74, 6) is -0.940. The second kappa shape index (κ2) is 6.17. The van der Waals surface area contributed by atoms with E-state index in [1.54, 1.807) is 4.68 Å². The first-order valence-corrected chi connectivity index (χ1v) is 7.18. The SMILES string of the molecule is O=C(O)CSc1nnnn1CCc1ccc(Cl)s1. The number of aromatic nitrogens is 4. The molecule has 0 amide bonds. The lowest BCUT2D eigenvalue weighted by molar-refractivity contribution is -0.133. The minimum Gasteiger partial charge on any atom is -0.481 e. The van der Waals surface area contributed by atoms with Crippen molar-refractivity contribution >= 4 is 40.7 Å². The summed E-state index contributed by atoms with van der Waals surface area (Å²) < 4.78 is 2.35. The van der Waals surface area contributed by atoms with Crippen molar-refractivity contribution in [1.82, 2.24) is 20.2 Å². The zero-order valence-electron chi connectivity index (χ0n) is 9.11. The Morgan fingerprint density at radius 1 is 1.56 bits per heavy atom. The van der Waals surface area contributed by atoms with Gasteiger partial charge >= 0.3 is 5.97 Å². The van der Waals surface area contributed by atoms with E-state index in [4.69, 9.17) is 16.7 Å². The highest BCUT2D eigenvalue weighted by Gasteiger charge is 2.09. The molecule has 9 heteroatoms. The first kappa shape index (κ1) is 13.3. The first-order valence-electron chi connectivity index (χ1n) is 5.00. The Bertz CT molecular complexity index is 542. The third-order valence-electron chi connectivity index (χ3n) is 2.02. The number of carboxylic acids is 1. The van der Waals surface area contributed by atoms with Crippen LogP contribution in [0.3, 0.4) is 0 Å². The maximum atomic E-state index is 10.5. The van der Waals surface area contributed by atoms with Gasteiger partial charge in [0, 0.05) is 11.3 Å². The van der Waals surface area contributed by atoms with Crippen molar-refractivity contribution < 1.29 is 9.90 Å². The van der Waals surface area contributed by atoms with Crippen molar-refractivity contribution in [1.29, 1.82) is 0 Å². The van der Waals surface area contributed by atoms with Crippen LogP contribution in [0.5, 0.6) is 0 Å². The van der Waals surface area contributed by atoms with Crippen LogP contribution in [0.2, 0.25) is 4.34 Å². The van der Waals surface area contributed by atoms with Crippen LogP contribution in [0, 0.1) is 0 Å². The molecule has 0 aliphatic rings. The van der Waals surface area contributed by atoms with E-state index in [1.165, 1.54) is 11.3 Å². The second-order valence-corrected chi connectivity index (χ2v) is 6.06. The summed E-state index contributed by atoms with van der Waals surface area (Å²) in [6.07, 6.45) is 0.767. The van der Waals surface area contributed by atoms with E-state index in [2.05, 4.69) is 15.5 Å². The summed E-state index contributed by atoms with van der Waals surface area (Å²) in [6.45, 7) is 0.603. The smallest absolute Gasteiger partial charge is 0.313 e. The third-order valence-corrected chi connectivity index (χ3v) is 4.26. The predicted molar refractivity (Wildman–Crippen MR) is 69.2 cm³/mol. The monoisotopic (exact) mass is 304 g/mol. The molecule has 0 radical (unpaired) electrons. The highest BCUT2D eigenvalue weighted by Crippen LogP contribution is 2.22. The van der Waals surface area contributed by atoms with Crippen molar-refractivity contribution in [2.75, 3.05) is 5.75 Å². The molecule has 0 fully saturated rings.